The van der Waals surface area contributed by atoms with E-state index in [-0.39, 0.29) is 6.04 Å². The maximum Gasteiger partial charge on any atom is 0.214 e. The molecule has 0 saturated carbocycles. The summed E-state index contributed by atoms with van der Waals surface area (Å²) in [4.78, 5) is 0. The van der Waals surface area contributed by atoms with E-state index in [0.717, 1.165) is 22.4 Å². The van der Waals surface area contributed by atoms with Crippen molar-refractivity contribution in [3.05, 3.63) is 86.4 Å². The highest BCUT2D eigenvalue weighted by Gasteiger charge is 2.42. The van der Waals surface area contributed by atoms with Gasteiger partial charge in [-0.05, 0) is 42.5 Å². The number of hydrazone groups is 1. The summed E-state index contributed by atoms with van der Waals surface area (Å²) in [6, 6.07) is 16.8. The Hall–Kier alpha value is -2.60. The van der Waals surface area contributed by atoms with Crippen LogP contribution in [0.4, 0.5) is 0 Å². The molecule has 2 atom stereocenters. The monoisotopic (exact) mass is 488 g/mol. The summed E-state index contributed by atoms with van der Waals surface area (Å²) in [6.07, 6.45) is 0.169. The quantitative estimate of drug-likeness (QED) is 0.399. The van der Waals surface area contributed by atoms with Gasteiger partial charge in [-0.2, -0.15) is 5.10 Å². The highest BCUT2D eigenvalue weighted by molar-refractivity contribution is 6.35. The molecule has 164 valence electrons. The van der Waals surface area contributed by atoms with Crippen molar-refractivity contribution in [3.8, 4) is 17.2 Å². The Morgan fingerprint density at radius 3 is 2.50 bits per heavy atom. The van der Waals surface area contributed by atoms with Gasteiger partial charge in [-0.1, -0.05) is 46.9 Å². The van der Waals surface area contributed by atoms with Gasteiger partial charge in [0.15, 0.2) is 11.5 Å². The normalized spacial score (nSPS) is 19.0. The first-order valence-electron chi connectivity index (χ1n) is 9.97. The van der Waals surface area contributed by atoms with E-state index in [9.17, 15) is 0 Å². The van der Waals surface area contributed by atoms with Gasteiger partial charge in [-0.25, -0.2) is 5.01 Å². The minimum atomic E-state index is -0.484. The van der Waals surface area contributed by atoms with Crippen LogP contribution in [-0.4, -0.2) is 24.9 Å². The van der Waals surface area contributed by atoms with Gasteiger partial charge in [0.05, 0.1) is 31.0 Å². The van der Waals surface area contributed by atoms with Crippen molar-refractivity contribution >= 4 is 40.5 Å². The fourth-order valence-corrected chi connectivity index (χ4v) is 4.94. The van der Waals surface area contributed by atoms with Crippen LogP contribution in [0.15, 0.2) is 59.7 Å². The highest BCUT2D eigenvalue weighted by atomic mass is 35.5. The maximum absolute atomic E-state index is 6.53. The summed E-state index contributed by atoms with van der Waals surface area (Å²) < 4.78 is 17.2. The number of nitrogens with zero attached hydrogens (tertiary/aromatic N) is 2. The Bertz CT molecular complexity index is 1230. The first kappa shape index (κ1) is 21.3. The zero-order chi connectivity index (χ0) is 22.4. The fourth-order valence-electron chi connectivity index (χ4n) is 4.18. The van der Waals surface area contributed by atoms with Crippen LogP contribution in [0.25, 0.3) is 0 Å². The van der Waals surface area contributed by atoms with Crippen LogP contribution >= 0.6 is 34.8 Å². The van der Waals surface area contributed by atoms with Crippen molar-refractivity contribution in [1.29, 1.82) is 0 Å². The minimum Gasteiger partial charge on any atom is -0.493 e. The summed E-state index contributed by atoms with van der Waals surface area (Å²) in [5, 5.41) is 8.56. The molecule has 2 unspecified atom stereocenters. The van der Waals surface area contributed by atoms with E-state index in [1.165, 1.54) is 0 Å². The van der Waals surface area contributed by atoms with Crippen LogP contribution in [0.3, 0.4) is 0 Å². The highest BCUT2D eigenvalue weighted by Crippen LogP contribution is 2.51. The standard InChI is InChI=1S/C24H19Cl3N2O3/c1-30-21-7-6-13(9-22(21)31-2)19-12-20-17-10-16(26)11-18(27)23(17)32-24(29(20)28-19)14-4-3-5-15(25)8-14/h3-11,20,24H,12H2,1-2H3. The number of fused-ring (bicyclic) bond motifs is 3. The average Bonchev–Trinajstić information content (AvgIpc) is 3.24. The molecule has 5 nitrogen and oxygen atoms in total. The van der Waals surface area contributed by atoms with Crippen molar-refractivity contribution in [1.82, 2.24) is 5.01 Å². The number of halogens is 3. The largest absolute Gasteiger partial charge is 0.493 e. The van der Waals surface area contributed by atoms with Crippen LogP contribution in [0, 0.1) is 0 Å². The second-order valence-corrected chi connectivity index (χ2v) is 8.83. The summed E-state index contributed by atoms with van der Waals surface area (Å²) in [5.74, 6) is 1.93. The molecule has 0 aliphatic carbocycles. The van der Waals surface area contributed by atoms with E-state index in [4.69, 9.17) is 54.1 Å². The van der Waals surface area contributed by atoms with E-state index in [0.29, 0.717) is 38.7 Å². The molecular weight excluding hydrogens is 471 g/mol. The molecule has 2 aliphatic rings. The number of hydrogen-bond acceptors (Lipinski definition) is 5. The van der Waals surface area contributed by atoms with Gasteiger partial charge in [0.2, 0.25) is 6.23 Å². The zero-order valence-electron chi connectivity index (χ0n) is 17.3. The molecule has 0 fully saturated rings. The molecule has 0 N–H and O–H groups in total. The second-order valence-electron chi connectivity index (χ2n) is 7.55. The molecule has 8 heteroatoms. The van der Waals surface area contributed by atoms with Crippen molar-refractivity contribution < 1.29 is 14.2 Å². The second kappa shape index (κ2) is 8.39. The predicted molar refractivity (Wildman–Crippen MR) is 127 cm³/mol. The third kappa shape index (κ3) is 3.64. The average molecular weight is 490 g/mol. The molecule has 0 aromatic heterocycles. The molecule has 5 rings (SSSR count). The van der Waals surface area contributed by atoms with Crippen LogP contribution in [-0.2, 0) is 0 Å². The van der Waals surface area contributed by atoms with Crippen molar-refractivity contribution in [2.75, 3.05) is 14.2 Å². The minimum absolute atomic E-state index is 0.0953. The molecule has 2 aliphatic heterocycles. The van der Waals surface area contributed by atoms with Gasteiger partial charge in [-0.15, -0.1) is 0 Å². The molecule has 2 heterocycles. The van der Waals surface area contributed by atoms with Gasteiger partial charge >= 0.3 is 0 Å². The number of hydrogen-bond donors (Lipinski definition) is 0. The number of rotatable bonds is 4. The molecular formula is C24H19Cl3N2O3. The van der Waals surface area contributed by atoms with E-state index in [1.807, 2.05) is 53.5 Å². The third-order valence-corrected chi connectivity index (χ3v) is 6.39. The lowest BCUT2D eigenvalue weighted by Crippen LogP contribution is -2.33. The fraction of sp³-hybridized carbons (Fsp3) is 0.208. The number of ether oxygens (including phenoxy) is 3. The molecule has 0 amide bonds. The van der Waals surface area contributed by atoms with Crippen LogP contribution in [0.5, 0.6) is 17.2 Å². The van der Waals surface area contributed by atoms with E-state index in [2.05, 4.69) is 0 Å². The molecule has 0 spiro atoms. The third-order valence-electron chi connectivity index (χ3n) is 5.66. The topological polar surface area (TPSA) is 43.3 Å². The Morgan fingerprint density at radius 2 is 1.75 bits per heavy atom. The Morgan fingerprint density at radius 1 is 0.938 bits per heavy atom. The lowest BCUT2D eigenvalue weighted by atomic mass is 9.95. The molecule has 0 saturated heterocycles. The van der Waals surface area contributed by atoms with Gasteiger partial charge in [-0.3, -0.25) is 0 Å². The predicted octanol–water partition coefficient (Wildman–Crippen LogP) is 6.91. The van der Waals surface area contributed by atoms with Gasteiger partial charge in [0, 0.05) is 33.2 Å². The van der Waals surface area contributed by atoms with Gasteiger partial charge in [0.25, 0.3) is 0 Å². The lowest BCUT2D eigenvalue weighted by Gasteiger charge is -2.38. The van der Waals surface area contributed by atoms with Gasteiger partial charge < -0.3 is 14.2 Å². The zero-order valence-corrected chi connectivity index (χ0v) is 19.6. The Kier molecular flexibility index (Phi) is 5.58. The van der Waals surface area contributed by atoms with Crippen molar-refractivity contribution in [3.63, 3.8) is 0 Å². The molecule has 0 radical (unpaired) electrons. The van der Waals surface area contributed by atoms with Crippen LogP contribution in [0.2, 0.25) is 15.1 Å². The maximum atomic E-state index is 6.53. The first-order chi connectivity index (χ1) is 15.5. The molecule has 0 bridgehead atoms. The van der Waals surface area contributed by atoms with Crippen molar-refractivity contribution in [2.24, 2.45) is 5.10 Å². The molecule has 32 heavy (non-hydrogen) atoms. The Labute approximate surface area is 201 Å². The number of methoxy groups -OCH3 is 2. The first-order valence-corrected chi connectivity index (χ1v) is 11.1. The van der Waals surface area contributed by atoms with E-state index < -0.39 is 6.23 Å². The van der Waals surface area contributed by atoms with E-state index >= 15 is 0 Å². The smallest absolute Gasteiger partial charge is 0.214 e. The Balaban J connectivity index is 1.62. The lowest BCUT2D eigenvalue weighted by molar-refractivity contribution is -0.0189. The van der Waals surface area contributed by atoms with E-state index in [1.54, 1.807) is 20.3 Å². The SMILES string of the molecule is COc1ccc(C2=NN3C(C2)c2cc(Cl)cc(Cl)c2OC3c2cccc(Cl)c2)cc1OC. The summed E-state index contributed by atoms with van der Waals surface area (Å²) in [6.45, 7) is 0. The van der Waals surface area contributed by atoms with Crippen LogP contribution in [0.1, 0.15) is 35.4 Å². The van der Waals surface area contributed by atoms with Gasteiger partial charge in [0.1, 0.15) is 5.75 Å². The van der Waals surface area contributed by atoms with Crippen LogP contribution < -0.4 is 14.2 Å². The number of benzene rings is 3. The molecule has 3 aromatic carbocycles. The van der Waals surface area contributed by atoms with Crippen molar-refractivity contribution in [2.45, 2.75) is 18.7 Å². The summed E-state index contributed by atoms with van der Waals surface area (Å²) >= 11 is 19.1. The molecule has 3 aromatic rings. The summed E-state index contributed by atoms with van der Waals surface area (Å²) in [5.41, 5.74) is 3.63. The summed E-state index contributed by atoms with van der Waals surface area (Å²) in [7, 11) is 3.23.